The molecule has 0 bridgehead atoms. The van der Waals surface area contributed by atoms with Gasteiger partial charge in [-0.1, -0.05) is 37.3 Å². The molecule has 1 saturated heterocycles. The highest BCUT2D eigenvalue weighted by Gasteiger charge is 2.23. The zero-order valence-corrected chi connectivity index (χ0v) is 11.7. The third kappa shape index (κ3) is 4.05. The second-order valence-corrected chi connectivity index (χ2v) is 5.22. The number of likely N-dealkylation sites (tertiary alicyclic amines) is 1. The van der Waals surface area contributed by atoms with E-state index in [0.29, 0.717) is 5.92 Å². The Bertz CT molecular complexity index is 410. The van der Waals surface area contributed by atoms with Gasteiger partial charge in [0.05, 0.1) is 12.1 Å². The first-order chi connectivity index (χ1) is 9.33. The molecule has 0 amide bonds. The average Bonchev–Trinajstić information content (AvgIpc) is 2.93. The molecule has 0 aromatic heterocycles. The summed E-state index contributed by atoms with van der Waals surface area (Å²) in [5.74, 6) is 0.667. The summed E-state index contributed by atoms with van der Waals surface area (Å²) in [5, 5.41) is 12.2. The van der Waals surface area contributed by atoms with Crippen LogP contribution in [0.3, 0.4) is 0 Å². The Morgan fingerprint density at radius 2 is 2.21 bits per heavy atom. The first-order valence-corrected chi connectivity index (χ1v) is 7.23. The van der Waals surface area contributed by atoms with Gasteiger partial charge in [0.25, 0.3) is 0 Å². The average molecular weight is 257 g/mol. The third-order valence-corrected chi connectivity index (χ3v) is 3.88. The normalized spacial score (nSPS) is 21.2. The van der Waals surface area contributed by atoms with Gasteiger partial charge in [-0.2, -0.15) is 5.26 Å². The van der Waals surface area contributed by atoms with E-state index >= 15 is 0 Å². The molecule has 1 fully saturated rings. The van der Waals surface area contributed by atoms with Gasteiger partial charge in [-0.25, -0.2) is 0 Å². The Hall–Kier alpha value is -1.37. The van der Waals surface area contributed by atoms with Crippen molar-refractivity contribution in [1.82, 2.24) is 10.2 Å². The van der Waals surface area contributed by atoms with Gasteiger partial charge in [0.2, 0.25) is 0 Å². The quantitative estimate of drug-likeness (QED) is 0.850. The summed E-state index contributed by atoms with van der Waals surface area (Å²) in [5.41, 5.74) is 1.45. The maximum atomic E-state index is 9.03. The lowest BCUT2D eigenvalue weighted by atomic mass is 9.99. The highest BCUT2D eigenvalue weighted by Crippen LogP contribution is 2.26. The van der Waals surface area contributed by atoms with Crippen LogP contribution in [-0.2, 0) is 0 Å². The van der Waals surface area contributed by atoms with Crippen LogP contribution < -0.4 is 5.32 Å². The van der Waals surface area contributed by atoms with Crippen molar-refractivity contribution in [1.29, 1.82) is 5.26 Å². The number of hydrogen-bond acceptors (Lipinski definition) is 3. The number of rotatable bonds is 6. The van der Waals surface area contributed by atoms with Gasteiger partial charge in [-0.15, -0.1) is 0 Å². The van der Waals surface area contributed by atoms with Crippen LogP contribution in [0.15, 0.2) is 30.3 Å². The van der Waals surface area contributed by atoms with E-state index in [-0.39, 0.29) is 6.04 Å². The van der Waals surface area contributed by atoms with E-state index in [9.17, 15) is 0 Å². The molecule has 3 heteroatoms. The molecule has 1 aromatic rings. The summed E-state index contributed by atoms with van der Waals surface area (Å²) in [6.45, 7) is 6.23. The zero-order valence-electron chi connectivity index (χ0n) is 11.7. The fourth-order valence-electron chi connectivity index (χ4n) is 2.80. The zero-order chi connectivity index (χ0) is 13.5. The van der Waals surface area contributed by atoms with Crippen LogP contribution in [0.5, 0.6) is 0 Å². The Kier molecular flexibility index (Phi) is 5.38. The van der Waals surface area contributed by atoms with Crippen LogP contribution in [0.4, 0.5) is 0 Å². The van der Waals surface area contributed by atoms with E-state index in [2.05, 4.69) is 46.6 Å². The highest BCUT2D eigenvalue weighted by atomic mass is 15.1. The molecule has 3 nitrogen and oxygen atoms in total. The maximum Gasteiger partial charge on any atom is 0.0965 e. The van der Waals surface area contributed by atoms with E-state index in [1.165, 1.54) is 12.0 Å². The Morgan fingerprint density at radius 1 is 1.42 bits per heavy atom. The fourth-order valence-corrected chi connectivity index (χ4v) is 2.80. The van der Waals surface area contributed by atoms with Crippen molar-refractivity contribution in [3.63, 3.8) is 0 Å². The maximum absolute atomic E-state index is 9.03. The van der Waals surface area contributed by atoms with Crippen LogP contribution >= 0.6 is 0 Å². The fraction of sp³-hybridized carbons (Fsp3) is 0.562. The molecule has 1 aliphatic rings. The van der Waals surface area contributed by atoms with Crippen LogP contribution in [0, 0.1) is 11.3 Å². The van der Waals surface area contributed by atoms with E-state index < -0.39 is 0 Å². The Labute approximate surface area is 116 Å². The summed E-state index contributed by atoms with van der Waals surface area (Å²) < 4.78 is 0. The molecule has 2 atom stereocenters. The third-order valence-electron chi connectivity index (χ3n) is 3.88. The summed E-state index contributed by atoms with van der Waals surface area (Å²) in [7, 11) is 0. The monoisotopic (exact) mass is 257 g/mol. The highest BCUT2D eigenvalue weighted by molar-refractivity contribution is 5.21. The van der Waals surface area contributed by atoms with Gasteiger partial charge in [-0.3, -0.25) is 0 Å². The molecule has 1 aromatic carbocycles. The van der Waals surface area contributed by atoms with E-state index in [1.54, 1.807) is 0 Å². The molecule has 19 heavy (non-hydrogen) atoms. The summed E-state index contributed by atoms with van der Waals surface area (Å²) in [6, 6.07) is 13.1. The largest absolute Gasteiger partial charge is 0.303 e. The van der Waals surface area contributed by atoms with Crippen LogP contribution in [-0.4, -0.2) is 37.1 Å². The van der Waals surface area contributed by atoms with Gasteiger partial charge >= 0.3 is 0 Å². The molecular weight excluding hydrogens is 234 g/mol. The van der Waals surface area contributed by atoms with E-state index in [4.69, 9.17) is 5.26 Å². The van der Waals surface area contributed by atoms with Crippen molar-refractivity contribution in [3.05, 3.63) is 35.9 Å². The first-order valence-electron chi connectivity index (χ1n) is 7.23. The lowest BCUT2D eigenvalue weighted by Gasteiger charge is -2.18. The van der Waals surface area contributed by atoms with Crippen LogP contribution in [0.2, 0.25) is 0 Å². The molecule has 0 saturated carbocycles. The Balaban J connectivity index is 1.78. The minimum absolute atomic E-state index is 0.000718. The summed E-state index contributed by atoms with van der Waals surface area (Å²) in [4.78, 5) is 2.49. The summed E-state index contributed by atoms with van der Waals surface area (Å²) in [6.07, 6.45) is 2.16. The minimum Gasteiger partial charge on any atom is -0.303 e. The van der Waals surface area contributed by atoms with Crippen molar-refractivity contribution in [2.45, 2.75) is 31.7 Å². The predicted octanol–water partition coefficient (Wildman–Crippen LogP) is 2.37. The molecule has 102 valence electrons. The number of nitrogens with zero attached hydrogens (tertiary/aromatic N) is 2. The number of nitriles is 1. The number of nitrogens with one attached hydrogen (secondary N) is 1. The number of benzene rings is 1. The molecule has 1 N–H and O–H groups in total. The van der Waals surface area contributed by atoms with Crippen molar-refractivity contribution < 1.29 is 0 Å². The van der Waals surface area contributed by atoms with Crippen LogP contribution in [0.25, 0.3) is 0 Å². The standard InChI is InChI=1S/C16H23N3/c1-2-18-16(12-17)9-11-19-10-8-15(13-19)14-6-4-3-5-7-14/h3-7,15-16,18H,2,8-11,13H2,1H3. The second kappa shape index (κ2) is 7.28. The molecule has 1 aliphatic heterocycles. The SMILES string of the molecule is CCNC(C#N)CCN1CCC(c2ccccc2)C1. The molecule has 0 spiro atoms. The predicted molar refractivity (Wildman–Crippen MR) is 77.9 cm³/mol. The summed E-state index contributed by atoms with van der Waals surface area (Å²) >= 11 is 0. The van der Waals surface area contributed by atoms with Crippen molar-refractivity contribution in [3.8, 4) is 6.07 Å². The molecular formula is C16H23N3. The molecule has 1 heterocycles. The first kappa shape index (κ1) is 14.0. The second-order valence-electron chi connectivity index (χ2n) is 5.22. The van der Waals surface area contributed by atoms with Gasteiger partial charge in [-0.05, 0) is 37.4 Å². The lowest BCUT2D eigenvalue weighted by Crippen LogP contribution is -2.32. The van der Waals surface area contributed by atoms with Gasteiger partial charge in [0, 0.05) is 13.1 Å². The minimum atomic E-state index is 0.000718. The van der Waals surface area contributed by atoms with Gasteiger partial charge in [0.15, 0.2) is 0 Å². The van der Waals surface area contributed by atoms with E-state index in [0.717, 1.165) is 32.6 Å². The molecule has 2 rings (SSSR count). The van der Waals surface area contributed by atoms with E-state index in [1.807, 2.05) is 6.92 Å². The van der Waals surface area contributed by atoms with Crippen LogP contribution in [0.1, 0.15) is 31.2 Å². The topological polar surface area (TPSA) is 39.1 Å². The molecule has 2 unspecified atom stereocenters. The van der Waals surface area contributed by atoms with Crippen molar-refractivity contribution >= 4 is 0 Å². The van der Waals surface area contributed by atoms with Crippen molar-refractivity contribution in [2.24, 2.45) is 0 Å². The smallest absolute Gasteiger partial charge is 0.0965 e. The lowest BCUT2D eigenvalue weighted by molar-refractivity contribution is 0.318. The van der Waals surface area contributed by atoms with Crippen molar-refractivity contribution in [2.75, 3.05) is 26.2 Å². The number of hydrogen-bond donors (Lipinski definition) is 1. The van der Waals surface area contributed by atoms with Gasteiger partial charge < -0.3 is 10.2 Å². The van der Waals surface area contributed by atoms with Gasteiger partial charge in [0.1, 0.15) is 0 Å². The molecule has 0 radical (unpaired) electrons. The molecule has 0 aliphatic carbocycles. The Morgan fingerprint density at radius 3 is 2.89 bits per heavy atom.